The molecule has 4 rings (SSSR count). The maximum atomic E-state index is 13.7. The topological polar surface area (TPSA) is 78.0 Å². The van der Waals surface area contributed by atoms with Crippen LogP contribution in [0.5, 0.6) is 0 Å². The largest absolute Gasteiger partial charge is 0.334 e. The van der Waals surface area contributed by atoms with Gasteiger partial charge in [-0.25, -0.2) is 0 Å². The van der Waals surface area contributed by atoms with Crippen LogP contribution in [-0.2, 0) is 25.6 Å². The van der Waals surface area contributed by atoms with E-state index >= 15 is 0 Å². The van der Waals surface area contributed by atoms with Crippen molar-refractivity contribution < 1.29 is 19.2 Å². The quantitative estimate of drug-likeness (QED) is 0.631. The molecule has 3 aliphatic rings. The molecule has 2 heterocycles. The highest BCUT2D eigenvalue weighted by molar-refractivity contribution is 5.95. The number of likely N-dealkylation sites (tertiary alicyclic amines) is 1. The number of Topliss-reactive ketones (excluding diaryl/α,β-unsaturated/α-hetero) is 1. The smallest absolute Gasteiger partial charge is 0.248 e. The lowest BCUT2D eigenvalue weighted by atomic mass is 9.97. The number of amides is 2. The molecule has 0 radical (unpaired) electrons. The number of benzene rings is 1. The molecule has 3 atom stereocenters. The van der Waals surface area contributed by atoms with Gasteiger partial charge in [0.1, 0.15) is 18.1 Å². The van der Waals surface area contributed by atoms with Gasteiger partial charge in [-0.1, -0.05) is 44.2 Å². The molecule has 1 aromatic carbocycles. The SMILES string of the molecule is C=O.CCC(=O)N1CCN([C@@H](Cc2ccccc2)CN2CC[C@@H](C)[C@H]2C(C)=O)C(=O)C12CC2. The number of carbonyl (C=O) groups is 4. The number of carbonyl (C=O) groups excluding carboxylic acids is 4. The summed E-state index contributed by atoms with van der Waals surface area (Å²) in [5.41, 5.74) is 0.585. The van der Waals surface area contributed by atoms with Crippen molar-refractivity contribution in [2.45, 2.75) is 70.5 Å². The first-order valence-electron chi connectivity index (χ1n) is 12.1. The van der Waals surface area contributed by atoms with Crippen LogP contribution in [0.3, 0.4) is 0 Å². The third-order valence-electron chi connectivity index (χ3n) is 7.49. The molecule has 33 heavy (non-hydrogen) atoms. The Morgan fingerprint density at radius 1 is 1.12 bits per heavy atom. The van der Waals surface area contributed by atoms with Crippen LogP contribution in [0.15, 0.2) is 30.3 Å². The maximum absolute atomic E-state index is 13.7. The van der Waals surface area contributed by atoms with Crippen LogP contribution < -0.4 is 0 Å². The third kappa shape index (κ3) is 5.03. The van der Waals surface area contributed by atoms with Crippen molar-refractivity contribution in [3.8, 4) is 0 Å². The van der Waals surface area contributed by atoms with Gasteiger partial charge in [0.25, 0.3) is 0 Å². The molecule has 0 bridgehead atoms. The lowest BCUT2D eigenvalue weighted by Gasteiger charge is -2.45. The molecule has 180 valence electrons. The fourth-order valence-corrected chi connectivity index (χ4v) is 5.73. The predicted octanol–water partition coefficient (Wildman–Crippen LogP) is 2.33. The third-order valence-corrected chi connectivity index (χ3v) is 7.49. The summed E-state index contributed by atoms with van der Waals surface area (Å²) in [5.74, 6) is 0.745. The molecule has 7 nitrogen and oxygen atoms in total. The molecule has 1 spiro atoms. The van der Waals surface area contributed by atoms with E-state index in [1.54, 1.807) is 6.92 Å². The number of ketones is 1. The Morgan fingerprint density at radius 2 is 1.79 bits per heavy atom. The lowest BCUT2D eigenvalue weighted by molar-refractivity contribution is -0.156. The number of nitrogens with zero attached hydrogens (tertiary/aromatic N) is 3. The van der Waals surface area contributed by atoms with Gasteiger partial charge in [0.15, 0.2) is 0 Å². The first-order valence-corrected chi connectivity index (χ1v) is 12.1. The predicted molar refractivity (Wildman–Crippen MR) is 127 cm³/mol. The van der Waals surface area contributed by atoms with E-state index < -0.39 is 5.54 Å². The van der Waals surface area contributed by atoms with Crippen LogP contribution >= 0.6 is 0 Å². The lowest BCUT2D eigenvalue weighted by Crippen LogP contribution is -2.64. The summed E-state index contributed by atoms with van der Waals surface area (Å²) in [6.07, 6.45) is 3.75. The molecule has 2 aliphatic heterocycles. The van der Waals surface area contributed by atoms with E-state index in [-0.39, 0.29) is 29.7 Å². The fourth-order valence-electron chi connectivity index (χ4n) is 5.73. The average Bonchev–Trinajstić information content (AvgIpc) is 3.52. The van der Waals surface area contributed by atoms with Crippen LogP contribution in [0.2, 0.25) is 0 Å². The standard InChI is InChI=1S/C25H35N3O3.CH2O/c1-4-22(30)28-15-14-27(24(31)25(28)11-12-25)21(16-20-8-6-5-7-9-20)17-26-13-10-18(2)23(26)19(3)29;1-2/h5-9,18,21,23H,4,10-17H2,1-3H3;1H2/t18-,21+,23+;/m1./s1. The van der Waals surface area contributed by atoms with Crippen LogP contribution in [0.4, 0.5) is 0 Å². The minimum Gasteiger partial charge on any atom is -0.334 e. The van der Waals surface area contributed by atoms with Crippen LogP contribution in [-0.4, -0.2) is 82.9 Å². The maximum Gasteiger partial charge on any atom is 0.248 e. The highest BCUT2D eigenvalue weighted by Crippen LogP contribution is 2.46. The van der Waals surface area contributed by atoms with Gasteiger partial charge in [-0.3, -0.25) is 19.3 Å². The van der Waals surface area contributed by atoms with Crippen LogP contribution in [0, 0.1) is 5.92 Å². The minimum atomic E-state index is -0.613. The summed E-state index contributed by atoms with van der Waals surface area (Å²) < 4.78 is 0. The Balaban J connectivity index is 0.00000149. The number of piperazine rings is 1. The zero-order valence-corrected chi connectivity index (χ0v) is 20.2. The summed E-state index contributed by atoms with van der Waals surface area (Å²) in [5, 5.41) is 0. The van der Waals surface area contributed by atoms with Gasteiger partial charge in [0.05, 0.1) is 6.04 Å². The highest BCUT2D eigenvalue weighted by Gasteiger charge is 2.60. The Bertz CT molecular complexity index is 854. The second-order valence-electron chi connectivity index (χ2n) is 9.59. The summed E-state index contributed by atoms with van der Waals surface area (Å²) in [6, 6.07) is 10.2. The second kappa shape index (κ2) is 10.6. The van der Waals surface area contributed by atoms with E-state index in [0.29, 0.717) is 32.0 Å². The highest BCUT2D eigenvalue weighted by atomic mass is 16.2. The zero-order valence-electron chi connectivity index (χ0n) is 20.2. The zero-order chi connectivity index (χ0) is 24.2. The molecule has 1 aromatic rings. The van der Waals surface area contributed by atoms with E-state index in [9.17, 15) is 14.4 Å². The Hall–Kier alpha value is -2.54. The normalized spacial score (nSPS) is 24.9. The molecule has 2 amide bonds. The molecule has 1 aliphatic carbocycles. The van der Waals surface area contributed by atoms with Crippen molar-refractivity contribution in [1.82, 2.24) is 14.7 Å². The van der Waals surface area contributed by atoms with E-state index in [1.165, 1.54) is 5.56 Å². The average molecular weight is 456 g/mol. The molecule has 0 aromatic heterocycles. The van der Waals surface area contributed by atoms with Gasteiger partial charge in [-0.15, -0.1) is 0 Å². The van der Waals surface area contributed by atoms with E-state index in [0.717, 1.165) is 32.2 Å². The minimum absolute atomic E-state index is 0.00148. The summed E-state index contributed by atoms with van der Waals surface area (Å²) >= 11 is 0. The van der Waals surface area contributed by atoms with Gasteiger partial charge < -0.3 is 14.6 Å². The fraction of sp³-hybridized carbons (Fsp3) is 0.615. The number of rotatable bonds is 7. The molecule has 3 fully saturated rings. The van der Waals surface area contributed by atoms with E-state index in [4.69, 9.17) is 4.79 Å². The Kier molecular flexibility index (Phi) is 8.05. The van der Waals surface area contributed by atoms with Gasteiger partial charge in [-0.05, 0) is 50.6 Å². The van der Waals surface area contributed by atoms with Gasteiger partial charge >= 0.3 is 0 Å². The van der Waals surface area contributed by atoms with Crippen molar-refractivity contribution in [3.05, 3.63) is 35.9 Å². The first-order chi connectivity index (χ1) is 15.9. The van der Waals surface area contributed by atoms with Crippen LogP contribution in [0.25, 0.3) is 0 Å². The summed E-state index contributed by atoms with van der Waals surface area (Å²) in [4.78, 5) is 52.6. The molecule has 2 saturated heterocycles. The molecule has 0 unspecified atom stereocenters. The van der Waals surface area contributed by atoms with Gasteiger partial charge in [0.2, 0.25) is 11.8 Å². The first kappa shape index (κ1) is 25.1. The second-order valence-corrected chi connectivity index (χ2v) is 9.59. The summed E-state index contributed by atoms with van der Waals surface area (Å²) in [6.45, 7) is 10.5. The van der Waals surface area contributed by atoms with Crippen molar-refractivity contribution in [2.24, 2.45) is 5.92 Å². The van der Waals surface area contributed by atoms with Crippen molar-refractivity contribution >= 4 is 24.4 Å². The van der Waals surface area contributed by atoms with Gasteiger partial charge in [0, 0.05) is 32.1 Å². The van der Waals surface area contributed by atoms with Crippen molar-refractivity contribution in [2.75, 3.05) is 26.2 Å². The molecule has 7 heteroatoms. The van der Waals surface area contributed by atoms with Crippen molar-refractivity contribution in [1.29, 1.82) is 0 Å². The molecule has 1 saturated carbocycles. The van der Waals surface area contributed by atoms with Crippen LogP contribution in [0.1, 0.15) is 52.0 Å². The van der Waals surface area contributed by atoms with Crippen molar-refractivity contribution in [3.63, 3.8) is 0 Å². The number of hydrogen-bond acceptors (Lipinski definition) is 5. The monoisotopic (exact) mass is 455 g/mol. The summed E-state index contributed by atoms with van der Waals surface area (Å²) in [7, 11) is 0. The Labute approximate surface area is 197 Å². The molecular weight excluding hydrogens is 418 g/mol. The van der Waals surface area contributed by atoms with E-state index in [1.807, 2.05) is 41.7 Å². The molecular formula is C26H37N3O4. The Morgan fingerprint density at radius 3 is 2.36 bits per heavy atom. The van der Waals surface area contributed by atoms with Gasteiger partial charge in [-0.2, -0.15) is 0 Å². The van der Waals surface area contributed by atoms with E-state index in [2.05, 4.69) is 24.0 Å². The number of hydrogen-bond donors (Lipinski definition) is 0. The molecule has 0 N–H and O–H groups in total.